The van der Waals surface area contributed by atoms with Gasteiger partial charge in [0, 0.05) is 19.6 Å². The lowest BCUT2D eigenvalue weighted by Gasteiger charge is -2.21. The topological polar surface area (TPSA) is 53.9 Å². The van der Waals surface area contributed by atoms with Gasteiger partial charge in [-0.25, -0.2) is 0 Å². The number of benzene rings is 2. The molecule has 0 radical (unpaired) electrons. The Morgan fingerprint density at radius 1 is 1.07 bits per heavy atom. The van der Waals surface area contributed by atoms with E-state index in [9.17, 15) is 4.79 Å². The van der Waals surface area contributed by atoms with Crippen LogP contribution >= 0.6 is 0 Å². The number of nitrogens with zero attached hydrogens (tertiary/aromatic N) is 2. The van der Waals surface area contributed by atoms with Gasteiger partial charge in [-0.05, 0) is 30.9 Å². The summed E-state index contributed by atoms with van der Waals surface area (Å²) in [4.78, 5) is 16.2. The van der Waals surface area contributed by atoms with Crippen LogP contribution in [0.1, 0.15) is 49.3 Å². The van der Waals surface area contributed by atoms with Gasteiger partial charge in [-0.1, -0.05) is 73.5 Å². The number of amidine groups is 1. The van der Waals surface area contributed by atoms with E-state index in [2.05, 4.69) is 48.5 Å². The van der Waals surface area contributed by atoms with Crippen molar-refractivity contribution in [2.75, 3.05) is 13.2 Å². The molecule has 1 amide bonds. The molecule has 2 aromatic carbocycles. The van der Waals surface area contributed by atoms with Crippen LogP contribution in [-0.4, -0.2) is 30.4 Å². The van der Waals surface area contributed by atoms with Gasteiger partial charge in [-0.2, -0.15) is 0 Å². The minimum Gasteiger partial charge on any atom is -0.377 e. The Bertz CT molecular complexity index is 730. The lowest BCUT2D eigenvalue weighted by Crippen LogP contribution is -2.41. The highest BCUT2D eigenvalue weighted by Gasteiger charge is 2.07. The Hall–Kier alpha value is -2.66. The van der Waals surface area contributed by atoms with E-state index in [4.69, 9.17) is 4.74 Å². The molecule has 0 fully saturated rings. The molecule has 5 heteroatoms. The number of amides is 1. The molecular formula is C24H33N3O2. The van der Waals surface area contributed by atoms with Crippen LogP contribution in [0.25, 0.3) is 0 Å². The number of hydrogen-bond acceptors (Lipinski definition) is 3. The van der Waals surface area contributed by atoms with Crippen molar-refractivity contribution in [1.82, 2.24) is 10.4 Å². The molecule has 0 aliphatic heterocycles. The predicted molar refractivity (Wildman–Crippen MR) is 118 cm³/mol. The second kappa shape index (κ2) is 13.5. The molecule has 2 aromatic rings. The maximum atomic E-state index is 11.6. The molecule has 156 valence electrons. The van der Waals surface area contributed by atoms with Crippen LogP contribution in [0.2, 0.25) is 0 Å². The number of unbranched alkanes of at least 4 members (excludes halogenated alkanes) is 1. The van der Waals surface area contributed by atoms with E-state index in [-0.39, 0.29) is 0 Å². The number of rotatable bonds is 13. The van der Waals surface area contributed by atoms with Gasteiger partial charge < -0.3 is 4.74 Å². The zero-order valence-corrected chi connectivity index (χ0v) is 17.6. The first-order valence-corrected chi connectivity index (χ1v) is 10.4. The molecule has 1 N–H and O–H groups in total. The molecule has 0 saturated heterocycles. The number of hydrazine groups is 1. The highest BCUT2D eigenvalue weighted by atomic mass is 16.5. The standard InChI is InChI=1S/C24H33N3O2/c1-3-4-16-25-24(11-8-17-29-19-23-9-6-5-7-10-23)26-27(20-28)18-22-14-12-21(2)13-15-22/h5-7,9-10,12-15,20H,3-4,8,11,16-19H2,1-2H3,(H,25,26). The number of carbonyl (C=O) groups is 1. The van der Waals surface area contributed by atoms with Crippen molar-refractivity contribution in [3.05, 3.63) is 71.3 Å². The third-order valence-corrected chi connectivity index (χ3v) is 4.50. The fraction of sp³-hybridized carbons (Fsp3) is 0.417. The number of nitrogens with one attached hydrogen (secondary N) is 1. The van der Waals surface area contributed by atoms with Gasteiger partial charge in [0.1, 0.15) is 5.84 Å². The summed E-state index contributed by atoms with van der Waals surface area (Å²) in [7, 11) is 0. The van der Waals surface area contributed by atoms with Crippen molar-refractivity contribution in [2.45, 2.75) is 52.7 Å². The van der Waals surface area contributed by atoms with Gasteiger partial charge in [0.2, 0.25) is 6.41 Å². The molecule has 0 atom stereocenters. The first-order chi connectivity index (χ1) is 14.2. The molecule has 29 heavy (non-hydrogen) atoms. The second-order valence-corrected chi connectivity index (χ2v) is 7.15. The first-order valence-electron chi connectivity index (χ1n) is 10.4. The van der Waals surface area contributed by atoms with Crippen LogP contribution in [0.5, 0.6) is 0 Å². The molecule has 5 nitrogen and oxygen atoms in total. The first kappa shape index (κ1) is 22.6. The van der Waals surface area contributed by atoms with Crippen LogP contribution in [0, 0.1) is 6.92 Å². The van der Waals surface area contributed by atoms with Gasteiger partial charge in [0.25, 0.3) is 0 Å². The number of ether oxygens (including phenoxy) is 1. The average molecular weight is 396 g/mol. The quantitative estimate of drug-likeness (QED) is 0.177. The van der Waals surface area contributed by atoms with E-state index in [0.29, 0.717) is 19.8 Å². The summed E-state index contributed by atoms with van der Waals surface area (Å²) in [5.41, 5.74) is 6.65. The minimum absolute atomic E-state index is 0.501. The summed E-state index contributed by atoms with van der Waals surface area (Å²) in [6.07, 6.45) is 4.55. The fourth-order valence-corrected chi connectivity index (χ4v) is 2.81. The normalized spacial score (nSPS) is 11.3. The summed E-state index contributed by atoms with van der Waals surface area (Å²) in [5, 5.41) is 1.56. The SMILES string of the molecule is CCCCN=C(CCCOCc1ccccc1)NN(C=O)Cc1ccc(C)cc1. The van der Waals surface area contributed by atoms with Crippen LogP contribution in [0.4, 0.5) is 0 Å². The molecule has 0 aromatic heterocycles. The van der Waals surface area contributed by atoms with Crippen molar-refractivity contribution < 1.29 is 9.53 Å². The monoisotopic (exact) mass is 395 g/mol. The van der Waals surface area contributed by atoms with E-state index in [0.717, 1.165) is 50.0 Å². The van der Waals surface area contributed by atoms with Crippen molar-refractivity contribution >= 4 is 12.2 Å². The Labute approximate surface area is 174 Å². The Kier molecular flexibility index (Phi) is 10.5. The van der Waals surface area contributed by atoms with Gasteiger partial charge in [-0.3, -0.25) is 20.2 Å². The van der Waals surface area contributed by atoms with Crippen LogP contribution in [-0.2, 0) is 22.7 Å². The van der Waals surface area contributed by atoms with E-state index in [1.807, 2.05) is 30.3 Å². The van der Waals surface area contributed by atoms with Crippen molar-refractivity contribution in [3.8, 4) is 0 Å². The van der Waals surface area contributed by atoms with Crippen LogP contribution in [0.3, 0.4) is 0 Å². The average Bonchev–Trinajstić information content (AvgIpc) is 2.75. The third kappa shape index (κ3) is 9.39. The molecule has 0 unspecified atom stereocenters. The molecule has 0 saturated carbocycles. The minimum atomic E-state index is 0.501. The van der Waals surface area contributed by atoms with Gasteiger partial charge in [0.05, 0.1) is 13.2 Å². The van der Waals surface area contributed by atoms with E-state index >= 15 is 0 Å². The predicted octanol–water partition coefficient (Wildman–Crippen LogP) is 4.65. The van der Waals surface area contributed by atoms with Gasteiger partial charge >= 0.3 is 0 Å². The molecule has 0 heterocycles. The summed E-state index contributed by atoms with van der Waals surface area (Å²) < 4.78 is 5.77. The highest BCUT2D eigenvalue weighted by molar-refractivity contribution is 5.82. The molecule has 0 aliphatic rings. The lowest BCUT2D eigenvalue weighted by atomic mass is 10.1. The third-order valence-electron chi connectivity index (χ3n) is 4.50. The number of carbonyl (C=O) groups excluding carboxylic acids is 1. The zero-order valence-electron chi connectivity index (χ0n) is 17.6. The second-order valence-electron chi connectivity index (χ2n) is 7.15. The summed E-state index contributed by atoms with van der Waals surface area (Å²) in [6, 6.07) is 18.4. The zero-order chi connectivity index (χ0) is 20.7. The van der Waals surface area contributed by atoms with E-state index < -0.39 is 0 Å². The van der Waals surface area contributed by atoms with Crippen LogP contribution < -0.4 is 5.43 Å². The fourth-order valence-electron chi connectivity index (χ4n) is 2.81. The maximum absolute atomic E-state index is 11.6. The lowest BCUT2D eigenvalue weighted by molar-refractivity contribution is -0.120. The summed E-state index contributed by atoms with van der Waals surface area (Å²) in [6.45, 7) is 6.74. The Morgan fingerprint density at radius 3 is 2.52 bits per heavy atom. The van der Waals surface area contributed by atoms with Crippen molar-refractivity contribution in [2.24, 2.45) is 4.99 Å². The molecule has 0 spiro atoms. The van der Waals surface area contributed by atoms with Crippen LogP contribution in [0.15, 0.2) is 59.6 Å². The smallest absolute Gasteiger partial charge is 0.228 e. The summed E-state index contributed by atoms with van der Waals surface area (Å²) >= 11 is 0. The summed E-state index contributed by atoms with van der Waals surface area (Å²) in [5.74, 6) is 0.834. The molecular weight excluding hydrogens is 362 g/mol. The Morgan fingerprint density at radius 2 is 1.83 bits per heavy atom. The van der Waals surface area contributed by atoms with Gasteiger partial charge in [0.15, 0.2) is 0 Å². The van der Waals surface area contributed by atoms with E-state index in [1.54, 1.807) is 5.01 Å². The Balaban J connectivity index is 1.82. The number of aliphatic imine (C=N–C) groups is 1. The molecule has 0 bridgehead atoms. The molecule has 0 aliphatic carbocycles. The van der Waals surface area contributed by atoms with E-state index in [1.165, 1.54) is 11.1 Å². The number of aryl methyl sites for hydroxylation is 1. The number of hydrogen-bond donors (Lipinski definition) is 1. The van der Waals surface area contributed by atoms with Gasteiger partial charge in [-0.15, -0.1) is 0 Å². The van der Waals surface area contributed by atoms with Crippen molar-refractivity contribution in [3.63, 3.8) is 0 Å². The highest BCUT2D eigenvalue weighted by Crippen LogP contribution is 2.06. The maximum Gasteiger partial charge on any atom is 0.228 e. The largest absolute Gasteiger partial charge is 0.377 e. The molecule has 2 rings (SSSR count). The van der Waals surface area contributed by atoms with Crippen molar-refractivity contribution in [1.29, 1.82) is 0 Å².